The monoisotopic (exact) mass is 571 g/mol. The standard InChI is InChI=1S/C28H21N5O5S2/c1-17-13-20(16-29-30-28(34)27-15-19-14-23(33(37)38)7-12-26(19)40-27)18(2)31(17)21-3-8-24(9-4-21)39-25-10-5-22(6-11-25)32(35)36/h3-16H,1-2H3,(H,30,34)/b29-16-. The number of nitro benzene ring substituents is 2. The summed E-state index contributed by atoms with van der Waals surface area (Å²) in [6, 6.07) is 22.5. The van der Waals surface area contributed by atoms with Crippen molar-refractivity contribution in [2.24, 2.45) is 5.10 Å². The lowest BCUT2D eigenvalue weighted by Gasteiger charge is -2.10. The van der Waals surface area contributed by atoms with Crippen LogP contribution in [-0.2, 0) is 0 Å². The molecule has 0 saturated heterocycles. The summed E-state index contributed by atoms with van der Waals surface area (Å²) in [4.78, 5) is 35.9. The van der Waals surface area contributed by atoms with Crippen LogP contribution >= 0.6 is 23.1 Å². The van der Waals surface area contributed by atoms with Crippen molar-refractivity contribution in [2.75, 3.05) is 0 Å². The van der Waals surface area contributed by atoms with Gasteiger partial charge in [-0.3, -0.25) is 25.0 Å². The summed E-state index contributed by atoms with van der Waals surface area (Å²) < 4.78 is 2.86. The molecule has 0 saturated carbocycles. The van der Waals surface area contributed by atoms with Gasteiger partial charge in [-0.1, -0.05) is 11.8 Å². The third-order valence-corrected chi connectivity index (χ3v) is 8.28. The molecule has 0 radical (unpaired) electrons. The third-order valence-electron chi connectivity index (χ3n) is 6.15. The van der Waals surface area contributed by atoms with E-state index >= 15 is 0 Å². The zero-order valence-corrected chi connectivity index (χ0v) is 22.9. The topological polar surface area (TPSA) is 133 Å². The van der Waals surface area contributed by atoms with Gasteiger partial charge in [-0.25, -0.2) is 5.43 Å². The maximum absolute atomic E-state index is 12.6. The Hall–Kier alpha value is -4.81. The van der Waals surface area contributed by atoms with E-state index in [4.69, 9.17) is 0 Å². The number of amides is 1. The molecule has 1 amide bonds. The first kappa shape index (κ1) is 26.8. The Bertz CT molecular complexity index is 1790. The van der Waals surface area contributed by atoms with Crippen molar-refractivity contribution >= 4 is 56.7 Å². The fourth-order valence-electron chi connectivity index (χ4n) is 4.22. The highest BCUT2D eigenvalue weighted by molar-refractivity contribution is 7.99. The number of aromatic nitrogens is 1. The molecule has 0 aliphatic carbocycles. The van der Waals surface area contributed by atoms with Crippen LogP contribution in [-0.4, -0.2) is 26.5 Å². The number of carbonyl (C=O) groups is 1. The number of benzene rings is 3. The zero-order valence-electron chi connectivity index (χ0n) is 21.2. The second-order valence-electron chi connectivity index (χ2n) is 8.80. The third kappa shape index (κ3) is 5.63. The zero-order chi connectivity index (χ0) is 28.4. The van der Waals surface area contributed by atoms with Gasteiger partial charge in [-0.05, 0) is 68.4 Å². The van der Waals surface area contributed by atoms with E-state index in [1.807, 2.05) is 44.2 Å². The highest BCUT2D eigenvalue weighted by atomic mass is 32.2. The lowest BCUT2D eigenvalue weighted by molar-refractivity contribution is -0.385. The van der Waals surface area contributed by atoms with Gasteiger partial charge >= 0.3 is 0 Å². The number of carbonyl (C=O) groups excluding carboxylic acids is 1. The van der Waals surface area contributed by atoms with Crippen molar-refractivity contribution in [3.63, 3.8) is 0 Å². The molecule has 40 heavy (non-hydrogen) atoms. The average molecular weight is 572 g/mol. The molecule has 10 nitrogen and oxygen atoms in total. The lowest BCUT2D eigenvalue weighted by Crippen LogP contribution is -2.16. The lowest BCUT2D eigenvalue weighted by atomic mass is 10.2. The second kappa shape index (κ2) is 11.1. The fourth-order valence-corrected chi connectivity index (χ4v) is 5.97. The molecule has 0 unspecified atom stereocenters. The molecular formula is C28H21N5O5S2. The Balaban J connectivity index is 1.26. The van der Waals surface area contributed by atoms with Crippen LogP contribution in [0.1, 0.15) is 26.6 Å². The molecule has 3 aromatic carbocycles. The predicted molar refractivity (Wildman–Crippen MR) is 156 cm³/mol. The Morgan fingerprint density at radius 3 is 2.17 bits per heavy atom. The molecule has 0 fully saturated rings. The van der Waals surface area contributed by atoms with E-state index in [0.29, 0.717) is 10.3 Å². The molecule has 2 aromatic heterocycles. The minimum absolute atomic E-state index is 0.0245. The number of rotatable bonds is 8. The maximum Gasteiger partial charge on any atom is 0.281 e. The van der Waals surface area contributed by atoms with E-state index in [0.717, 1.165) is 37.1 Å². The SMILES string of the molecule is Cc1cc(/C=N\NC(=O)c2cc3cc([N+](=O)[O-])ccc3s2)c(C)n1-c1ccc(Sc2ccc([N+](=O)[O-])cc2)cc1. The van der Waals surface area contributed by atoms with E-state index in [2.05, 4.69) is 15.1 Å². The maximum atomic E-state index is 12.6. The van der Waals surface area contributed by atoms with Gasteiger partial charge in [0.15, 0.2) is 0 Å². The summed E-state index contributed by atoms with van der Waals surface area (Å²) in [7, 11) is 0. The van der Waals surface area contributed by atoms with Gasteiger partial charge in [0, 0.05) is 66.8 Å². The van der Waals surface area contributed by atoms with Crippen LogP contribution in [0, 0.1) is 34.1 Å². The summed E-state index contributed by atoms with van der Waals surface area (Å²) in [5.74, 6) is -0.393. The van der Waals surface area contributed by atoms with Crippen LogP contribution < -0.4 is 5.43 Å². The van der Waals surface area contributed by atoms with Gasteiger partial charge in [-0.15, -0.1) is 11.3 Å². The van der Waals surface area contributed by atoms with Crippen LogP contribution in [0.5, 0.6) is 0 Å². The van der Waals surface area contributed by atoms with Crippen molar-refractivity contribution in [2.45, 2.75) is 23.6 Å². The average Bonchev–Trinajstić information content (AvgIpc) is 3.49. The summed E-state index contributed by atoms with van der Waals surface area (Å²) in [5.41, 5.74) is 6.32. The first-order chi connectivity index (χ1) is 19.2. The van der Waals surface area contributed by atoms with Crippen LogP contribution in [0.25, 0.3) is 15.8 Å². The smallest absolute Gasteiger partial charge is 0.281 e. The van der Waals surface area contributed by atoms with Crippen molar-refractivity contribution in [1.82, 2.24) is 9.99 Å². The second-order valence-corrected chi connectivity index (χ2v) is 11.0. The summed E-state index contributed by atoms with van der Waals surface area (Å²) in [5, 5.41) is 26.6. The number of nitrogens with one attached hydrogen (secondary N) is 1. The molecule has 0 bridgehead atoms. The minimum atomic E-state index is -0.465. The van der Waals surface area contributed by atoms with Crippen molar-refractivity contribution in [1.29, 1.82) is 0 Å². The molecule has 0 spiro atoms. The van der Waals surface area contributed by atoms with Crippen molar-refractivity contribution in [3.8, 4) is 5.69 Å². The highest BCUT2D eigenvalue weighted by Gasteiger charge is 2.14. The van der Waals surface area contributed by atoms with E-state index in [1.165, 1.54) is 47.4 Å². The highest BCUT2D eigenvalue weighted by Crippen LogP contribution is 2.31. The molecule has 1 N–H and O–H groups in total. The molecule has 0 atom stereocenters. The Kier molecular flexibility index (Phi) is 7.45. The van der Waals surface area contributed by atoms with Gasteiger partial charge in [0.1, 0.15) is 0 Å². The predicted octanol–water partition coefficient (Wildman–Crippen LogP) is 7.04. The number of nitro groups is 2. The number of nitrogens with zero attached hydrogens (tertiary/aromatic N) is 4. The number of aryl methyl sites for hydroxylation is 1. The quantitative estimate of drug-likeness (QED) is 0.121. The number of hydrazone groups is 1. The molecule has 5 rings (SSSR count). The summed E-state index contributed by atoms with van der Waals surface area (Å²) in [6.07, 6.45) is 1.59. The first-order valence-corrected chi connectivity index (χ1v) is 13.6. The number of hydrogen-bond donors (Lipinski definition) is 1. The Labute approximate surface area is 236 Å². The number of non-ortho nitro benzene ring substituents is 2. The van der Waals surface area contributed by atoms with Gasteiger partial charge in [0.05, 0.1) is 20.9 Å². The van der Waals surface area contributed by atoms with Crippen molar-refractivity contribution in [3.05, 3.63) is 121 Å². The molecule has 0 aliphatic rings. The van der Waals surface area contributed by atoms with Gasteiger partial charge in [0.2, 0.25) is 0 Å². The van der Waals surface area contributed by atoms with Crippen molar-refractivity contribution < 1.29 is 14.6 Å². The van der Waals surface area contributed by atoms with Crippen LogP contribution in [0.3, 0.4) is 0 Å². The molecule has 12 heteroatoms. The van der Waals surface area contributed by atoms with E-state index in [-0.39, 0.29) is 11.4 Å². The van der Waals surface area contributed by atoms with Gasteiger partial charge in [-0.2, -0.15) is 5.10 Å². The van der Waals surface area contributed by atoms with E-state index in [9.17, 15) is 25.0 Å². The molecule has 200 valence electrons. The number of thiophene rings is 1. The fraction of sp³-hybridized carbons (Fsp3) is 0.0714. The van der Waals surface area contributed by atoms with E-state index in [1.54, 1.807) is 30.5 Å². The number of hydrogen-bond acceptors (Lipinski definition) is 8. The Morgan fingerprint density at radius 2 is 1.52 bits per heavy atom. The van der Waals surface area contributed by atoms with Gasteiger partial charge < -0.3 is 4.57 Å². The van der Waals surface area contributed by atoms with Crippen LogP contribution in [0.4, 0.5) is 11.4 Å². The normalized spacial score (nSPS) is 11.2. The molecular weight excluding hydrogens is 550 g/mol. The Morgan fingerprint density at radius 1 is 0.900 bits per heavy atom. The van der Waals surface area contributed by atoms with Crippen LogP contribution in [0.2, 0.25) is 0 Å². The summed E-state index contributed by atoms with van der Waals surface area (Å²) >= 11 is 2.76. The number of fused-ring (bicyclic) bond motifs is 1. The largest absolute Gasteiger partial charge is 0.318 e. The molecule has 0 aliphatic heterocycles. The molecule has 2 heterocycles. The van der Waals surface area contributed by atoms with Gasteiger partial charge in [0.25, 0.3) is 17.3 Å². The molecule has 5 aromatic rings. The van der Waals surface area contributed by atoms with Crippen LogP contribution in [0.15, 0.2) is 93.8 Å². The summed E-state index contributed by atoms with van der Waals surface area (Å²) in [6.45, 7) is 3.95. The first-order valence-electron chi connectivity index (χ1n) is 11.9. The van der Waals surface area contributed by atoms with E-state index < -0.39 is 15.8 Å². The minimum Gasteiger partial charge on any atom is -0.318 e.